The molecule has 0 spiro atoms. The number of carbonyl (C=O) groups is 4. The summed E-state index contributed by atoms with van der Waals surface area (Å²) in [5.41, 5.74) is 2.20. The number of hydrogen-bond donors (Lipinski definition) is 3. The zero-order valence-corrected chi connectivity index (χ0v) is 22.7. The molecule has 10 nitrogen and oxygen atoms in total. The van der Waals surface area contributed by atoms with Crippen LogP contribution >= 0.6 is 0 Å². The summed E-state index contributed by atoms with van der Waals surface area (Å²) in [6.07, 6.45) is 5.97. The summed E-state index contributed by atoms with van der Waals surface area (Å²) < 4.78 is 10.5. The summed E-state index contributed by atoms with van der Waals surface area (Å²) >= 11 is 0. The summed E-state index contributed by atoms with van der Waals surface area (Å²) in [6, 6.07) is 7.31. The van der Waals surface area contributed by atoms with Gasteiger partial charge in [0, 0.05) is 13.1 Å². The Kier molecular flexibility index (Phi) is 10.6. The fraction of sp³-hybridized carbons (Fsp3) is 0.586. The maximum absolute atomic E-state index is 13.5. The van der Waals surface area contributed by atoms with Crippen LogP contribution in [0.4, 0.5) is 0 Å². The van der Waals surface area contributed by atoms with Crippen LogP contribution in [-0.4, -0.2) is 92.1 Å². The third kappa shape index (κ3) is 9.26. The van der Waals surface area contributed by atoms with E-state index < -0.39 is 36.0 Å². The first kappa shape index (κ1) is 28.9. The smallest absolute Gasteiger partial charge is 0.243 e. The highest BCUT2D eigenvalue weighted by molar-refractivity contribution is 5.96. The molecular weight excluding hydrogens is 500 g/mol. The Morgan fingerprint density at radius 1 is 1.00 bits per heavy atom. The molecule has 1 aliphatic carbocycles. The SMILES string of the molecule is CC(NC(=O)CN1CCOCC1)C(=O)NC(CCc1ccccc1)C(=O)NC(CC1=CCCC1)C(=O)C1CO1. The Hall–Kier alpha value is -3.08. The molecule has 2 saturated heterocycles. The van der Waals surface area contributed by atoms with Gasteiger partial charge < -0.3 is 25.4 Å². The first-order valence-electron chi connectivity index (χ1n) is 14.0. The topological polar surface area (TPSA) is 129 Å². The van der Waals surface area contributed by atoms with Crippen molar-refractivity contribution in [2.24, 2.45) is 0 Å². The van der Waals surface area contributed by atoms with Crippen molar-refractivity contribution < 1.29 is 28.7 Å². The minimum atomic E-state index is -0.871. The minimum absolute atomic E-state index is 0.131. The molecule has 39 heavy (non-hydrogen) atoms. The van der Waals surface area contributed by atoms with Gasteiger partial charge in [-0.25, -0.2) is 0 Å². The Morgan fingerprint density at radius 3 is 2.38 bits per heavy atom. The summed E-state index contributed by atoms with van der Waals surface area (Å²) in [6.45, 7) is 4.64. The van der Waals surface area contributed by atoms with Gasteiger partial charge in [-0.2, -0.15) is 0 Å². The molecule has 3 aliphatic rings. The third-order valence-electron chi connectivity index (χ3n) is 7.35. The predicted octanol–water partition coefficient (Wildman–Crippen LogP) is 0.894. The molecule has 2 heterocycles. The first-order chi connectivity index (χ1) is 18.9. The molecule has 0 radical (unpaired) electrons. The molecule has 0 bridgehead atoms. The van der Waals surface area contributed by atoms with E-state index in [1.165, 1.54) is 0 Å². The second-order valence-corrected chi connectivity index (χ2v) is 10.5. The van der Waals surface area contributed by atoms with E-state index in [-0.39, 0.29) is 18.2 Å². The number of morpholine rings is 1. The van der Waals surface area contributed by atoms with Crippen LogP contribution in [-0.2, 0) is 35.1 Å². The van der Waals surface area contributed by atoms with Crippen LogP contribution < -0.4 is 16.0 Å². The summed E-state index contributed by atoms with van der Waals surface area (Å²) in [7, 11) is 0. The van der Waals surface area contributed by atoms with Crippen LogP contribution in [0.25, 0.3) is 0 Å². The number of benzene rings is 1. The Labute approximate surface area is 229 Å². The number of epoxide rings is 1. The lowest BCUT2D eigenvalue weighted by molar-refractivity contribution is -0.133. The number of ketones is 1. The van der Waals surface area contributed by atoms with Crippen LogP contribution in [0.2, 0.25) is 0 Å². The predicted molar refractivity (Wildman–Crippen MR) is 145 cm³/mol. The van der Waals surface area contributed by atoms with Crippen molar-refractivity contribution in [2.75, 3.05) is 39.5 Å². The van der Waals surface area contributed by atoms with E-state index >= 15 is 0 Å². The zero-order valence-electron chi connectivity index (χ0n) is 22.7. The largest absolute Gasteiger partial charge is 0.379 e. The van der Waals surface area contributed by atoms with E-state index in [0.717, 1.165) is 30.4 Å². The first-order valence-corrected chi connectivity index (χ1v) is 14.0. The highest BCUT2D eigenvalue weighted by Crippen LogP contribution is 2.24. The van der Waals surface area contributed by atoms with Crippen LogP contribution in [0, 0.1) is 0 Å². The molecular formula is C29H40N4O6. The maximum Gasteiger partial charge on any atom is 0.243 e. The number of carbonyl (C=O) groups excluding carboxylic acids is 4. The Morgan fingerprint density at radius 2 is 1.72 bits per heavy atom. The molecule has 4 atom stereocenters. The lowest BCUT2D eigenvalue weighted by atomic mass is 9.98. The number of hydrogen-bond acceptors (Lipinski definition) is 7. The van der Waals surface area contributed by atoms with Crippen LogP contribution in [0.1, 0.15) is 44.6 Å². The van der Waals surface area contributed by atoms with Crippen LogP contribution in [0.5, 0.6) is 0 Å². The van der Waals surface area contributed by atoms with Crippen molar-refractivity contribution in [1.29, 1.82) is 0 Å². The number of amides is 3. The average Bonchev–Trinajstić information content (AvgIpc) is 3.67. The van der Waals surface area contributed by atoms with Gasteiger partial charge in [-0.1, -0.05) is 42.0 Å². The molecule has 4 rings (SSSR count). The van der Waals surface area contributed by atoms with Crippen molar-refractivity contribution in [3.05, 3.63) is 47.5 Å². The fourth-order valence-corrected chi connectivity index (χ4v) is 4.95. The number of rotatable bonds is 14. The molecule has 0 saturated carbocycles. The molecule has 1 aromatic carbocycles. The fourth-order valence-electron chi connectivity index (χ4n) is 4.95. The number of nitrogens with one attached hydrogen (secondary N) is 3. The normalized spacial score (nSPS) is 21.3. The van der Waals surface area contributed by atoms with Crippen molar-refractivity contribution in [1.82, 2.24) is 20.9 Å². The number of nitrogens with zero attached hydrogens (tertiary/aromatic N) is 1. The highest BCUT2D eigenvalue weighted by atomic mass is 16.6. The quantitative estimate of drug-likeness (QED) is 0.236. The molecule has 4 unspecified atom stereocenters. The van der Waals surface area contributed by atoms with Gasteiger partial charge in [0.05, 0.1) is 32.4 Å². The molecule has 2 fully saturated rings. The summed E-state index contributed by atoms with van der Waals surface area (Å²) in [4.78, 5) is 54.0. The van der Waals surface area contributed by atoms with E-state index in [9.17, 15) is 19.2 Å². The van der Waals surface area contributed by atoms with Crippen LogP contribution in [0.3, 0.4) is 0 Å². The number of aryl methyl sites for hydroxylation is 1. The average molecular weight is 541 g/mol. The van der Waals surface area contributed by atoms with Gasteiger partial charge >= 0.3 is 0 Å². The maximum atomic E-state index is 13.5. The van der Waals surface area contributed by atoms with Crippen molar-refractivity contribution >= 4 is 23.5 Å². The second-order valence-electron chi connectivity index (χ2n) is 10.5. The minimum Gasteiger partial charge on any atom is -0.379 e. The van der Waals surface area contributed by atoms with E-state index in [0.29, 0.717) is 52.2 Å². The molecule has 2 aliphatic heterocycles. The van der Waals surface area contributed by atoms with Gasteiger partial charge in [-0.15, -0.1) is 0 Å². The Balaban J connectivity index is 1.38. The molecule has 212 valence electrons. The van der Waals surface area contributed by atoms with Gasteiger partial charge in [0.15, 0.2) is 5.78 Å². The van der Waals surface area contributed by atoms with Crippen LogP contribution in [0.15, 0.2) is 42.0 Å². The monoisotopic (exact) mass is 540 g/mol. The Bertz CT molecular complexity index is 1040. The standard InChI is InChI=1S/C29H40N4O6/c1-20(30-26(34)18-33-13-15-38-16-14-33)28(36)31-23(12-11-21-7-3-2-4-8-21)29(37)32-24(27(35)25-19-39-25)17-22-9-5-6-10-22/h2-4,7-9,20,23-25H,5-6,10-19H2,1H3,(H,30,34)(H,31,36)(H,32,37). The van der Waals surface area contributed by atoms with Gasteiger partial charge in [0.2, 0.25) is 17.7 Å². The number of allylic oxidation sites excluding steroid dienone is 1. The highest BCUT2D eigenvalue weighted by Gasteiger charge is 2.38. The summed E-state index contributed by atoms with van der Waals surface area (Å²) in [5, 5.41) is 8.47. The molecule has 3 N–H and O–H groups in total. The van der Waals surface area contributed by atoms with Crippen molar-refractivity contribution in [3.8, 4) is 0 Å². The van der Waals surface area contributed by atoms with E-state index in [2.05, 4.69) is 22.0 Å². The number of ether oxygens (including phenoxy) is 2. The van der Waals surface area contributed by atoms with Crippen molar-refractivity contribution in [2.45, 2.75) is 69.7 Å². The molecule has 3 amide bonds. The molecule has 10 heteroatoms. The summed E-state index contributed by atoms with van der Waals surface area (Å²) in [5.74, 6) is -1.26. The van der Waals surface area contributed by atoms with Crippen molar-refractivity contribution in [3.63, 3.8) is 0 Å². The van der Waals surface area contributed by atoms with E-state index in [1.54, 1.807) is 6.92 Å². The van der Waals surface area contributed by atoms with Gasteiger partial charge in [0.25, 0.3) is 0 Å². The van der Waals surface area contributed by atoms with E-state index in [4.69, 9.17) is 9.47 Å². The lowest BCUT2D eigenvalue weighted by Gasteiger charge is -2.27. The molecule has 0 aromatic heterocycles. The van der Waals surface area contributed by atoms with Gasteiger partial charge in [-0.05, 0) is 51.0 Å². The lowest BCUT2D eigenvalue weighted by Crippen LogP contribution is -2.56. The van der Waals surface area contributed by atoms with E-state index in [1.807, 2.05) is 35.2 Å². The van der Waals surface area contributed by atoms with Gasteiger partial charge in [0.1, 0.15) is 18.2 Å². The third-order valence-corrected chi connectivity index (χ3v) is 7.35. The molecule has 1 aromatic rings. The second kappa shape index (κ2) is 14.3. The number of Topliss-reactive ketones (excluding diaryl/α,β-unsaturated/α-hetero) is 1. The zero-order chi connectivity index (χ0) is 27.6. The van der Waals surface area contributed by atoms with Gasteiger partial charge in [-0.3, -0.25) is 24.1 Å².